The summed E-state index contributed by atoms with van der Waals surface area (Å²) < 4.78 is 3.97. The van der Waals surface area contributed by atoms with Crippen LogP contribution in [0.3, 0.4) is 0 Å². The Morgan fingerprint density at radius 3 is 2.80 bits per heavy atom. The van der Waals surface area contributed by atoms with Crippen molar-refractivity contribution in [2.75, 3.05) is 11.9 Å². The zero-order chi connectivity index (χ0) is 14.5. The van der Waals surface area contributed by atoms with E-state index in [0.29, 0.717) is 23.9 Å². The van der Waals surface area contributed by atoms with Crippen LogP contribution in [0.1, 0.15) is 31.5 Å². The van der Waals surface area contributed by atoms with E-state index < -0.39 is 5.97 Å². The van der Waals surface area contributed by atoms with E-state index in [2.05, 4.69) is 20.0 Å². The second-order valence-electron chi connectivity index (χ2n) is 4.97. The Balaban J connectivity index is 1.81. The van der Waals surface area contributed by atoms with Crippen molar-refractivity contribution in [3.63, 3.8) is 0 Å². The lowest BCUT2D eigenvalue weighted by Gasteiger charge is -2.28. The SMILES string of the molecule is Cc1nsc(NC(=O)NCC2CCCCC2C(=O)O)n1. The normalized spacial score (nSPS) is 22.2. The van der Waals surface area contributed by atoms with Crippen LogP contribution in [0.2, 0.25) is 0 Å². The van der Waals surface area contributed by atoms with Crippen LogP contribution in [0.4, 0.5) is 9.93 Å². The second-order valence-corrected chi connectivity index (χ2v) is 5.72. The van der Waals surface area contributed by atoms with Gasteiger partial charge in [0.15, 0.2) is 0 Å². The predicted molar refractivity (Wildman–Crippen MR) is 74.8 cm³/mol. The van der Waals surface area contributed by atoms with Gasteiger partial charge >= 0.3 is 12.0 Å². The first kappa shape index (κ1) is 14.7. The Kier molecular flexibility index (Phi) is 4.89. The minimum absolute atomic E-state index is 0.00292. The van der Waals surface area contributed by atoms with Crippen molar-refractivity contribution in [2.24, 2.45) is 11.8 Å². The highest BCUT2D eigenvalue weighted by atomic mass is 32.1. The second kappa shape index (κ2) is 6.65. The molecule has 2 rings (SSSR count). The van der Waals surface area contributed by atoms with E-state index in [9.17, 15) is 9.59 Å². The molecule has 20 heavy (non-hydrogen) atoms. The lowest BCUT2D eigenvalue weighted by Crippen LogP contribution is -2.38. The molecule has 1 heterocycles. The fourth-order valence-corrected chi connectivity index (χ4v) is 3.06. The lowest BCUT2D eigenvalue weighted by atomic mass is 9.79. The van der Waals surface area contributed by atoms with Gasteiger partial charge in [-0.2, -0.15) is 4.37 Å². The van der Waals surface area contributed by atoms with Crippen molar-refractivity contribution in [2.45, 2.75) is 32.6 Å². The summed E-state index contributed by atoms with van der Waals surface area (Å²) in [5, 5.41) is 14.9. The zero-order valence-corrected chi connectivity index (χ0v) is 12.1. The molecule has 0 saturated heterocycles. The number of nitrogens with one attached hydrogen (secondary N) is 2. The van der Waals surface area contributed by atoms with Gasteiger partial charge in [0.25, 0.3) is 0 Å². The fourth-order valence-electron chi connectivity index (χ4n) is 2.49. The molecule has 3 N–H and O–H groups in total. The number of carbonyl (C=O) groups is 2. The molecule has 1 saturated carbocycles. The summed E-state index contributed by atoms with van der Waals surface area (Å²) in [6.45, 7) is 2.12. The van der Waals surface area contributed by atoms with Gasteiger partial charge in [-0.05, 0) is 25.7 Å². The number of urea groups is 1. The smallest absolute Gasteiger partial charge is 0.321 e. The van der Waals surface area contributed by atoms with E-state index in [-0.39, 0.29) is 17.9 Å². The molecule has 1 aromatic rings. The van der Waals surface area contributed by atoms with Gasteiger partial charge in [0, 0.05) is 18.1 Å². The van der Waals surface area contributed by atoms with Crippen molar-refractivity contribution >= 4 is 28.7 Å². The van der Waals surface area contributed by atoms with Gasteiger partial charge in [-0.15, -0.1) is 0 Å². The molecule has 2 atom stereocenters. The molecule has 1 aliphatic carbocycles. The Morgan fingerprint density at radius 2 is 2.15 bits per heavy atom. The number of carboxylic acid groups (broad SMARTS) is 1. The van der Waals surface area contributed by atoms with Crippen LogP contribution in [-0.2, 0) is 4.79 Å². The number of anilines is 1. The molecular formula is C12H18N4O3S. The average molecular weight is 298 g/mol. The molecule has 0 aliphatic heterocycles. The minimum Gasteiger partial charge on any atom is -0.481 e. The summed E-state index contributed by atoms with van der Waals surface area (Å²) >= 11 is 1.12. The van der Waals surface area contributed by atoms with E-state index in [1.807, 2.05) is 0 Å². The van der Waals surface area contributed by atoms with Gasteiger partial charge in [0.2, 0.25) is 5.13 Å². The van der Waals surface area contributed by atoms with Gasteiger partial charge in [0.1, 0.15) is 5.82 Å². The van der Waals surface area contributed by atoms with Gasteiger partial charge in [0.05, 0.1) is 5.92 Å². The molecular weight excluding hydrogens is 280 g/mol. The fraction of sp³-hybridized carbons (Fsp3) is 0.667. The number of hydrogen-bond donors (Lipinski definition) is 3. The highest BCUT2D eigenvalue weighted by molar-refractivity contribution is 7.09. The predicted octanol–water partition coefficient (Wildman–Crippen LogP) is 1.86. The Labute approximate surface area is 121 Å². The van der Waals surface area contributed by atoms with Crippen molar-refractivity contribution in [1.29, 1.82) is 0 Å². The maximum atomic E-state index is 11.7. The third-order valence-corrected chi connectivity index (χ3v) is 4.22. The van der Waals surface area contributed by atoms with Gasteiger partial charge in [-0.3, -0.25) is 10.1 Å². The molecule has 110 valence electrons. The van der Waals surface area contributed by atoms with Crippen LogP contribution in [-0.4, -0.2) is 33.0 Å². The highest BCUT2D eigenvalue weighted by Crippen LogP contribution is 2.29. The monoisotopic (exact) mass is 298 g/mol. The largest absolute Gasteiger partial charge is 0.481 e. The van der Waals surface area contributed by atoms with Crippen molar-refractivity contribution in [3.8, 4) is 0 Å². The molecule has 0 aromatic carbocycles. The molecule has 2 unspecified atom stereocenters. The number of rotatable bonds is 4. The number of hydrogen-bond acceptors (Lipinski definition) is 5. The first-order valence-electron chi connectivity index (χ1n) is 6.64. The molecule has 7 nitrogen and oxygen atoms in total. The quantitative estimate of drug-likeness (QED) is 0.787. The third kappa shape index (κ3) is 3.89. The molecule has 0 spiro atoms. The average Bonchev–Trinajstić information content (AvgIpc) is 2.82. The summed E-state index contributed by atoms with van der Waals surface area (Å²) in [6.07, 6.45) is 3.51. The van der Waals surface area contributed by atoms with Gasteiger partial charge < -0.3 is 10.4 Å². The third-order valence-electron chi connectivity index (χ3n) is 3.50. The van der Waals surface area contributed by atoms with E-state index in [1.165, 1.54) is 0 Å². The standard InChI is InChI=1S/C12H18N4O3S/c1-7-14-12(20-16-7)15-11(19)13-6-8-4-2-3-5-9(8)10(17)18/h8-9H,2-6H2,1H3,(H,17,18)(H2,13,14,15,16,19). The number of aromatic nitrogens is 2. The molecule has 1 aromatic heterocycles. The maximum absolute atomic E-state index is 11.7. The molecule has 2 amide bonds. The van der Waals surface area contributed by atoms with Crippen LogP contribution < -0.4 is 10.6 Å². The molecule has 0 bridgehead atoms. The summed E-state index contributed by atoms with van der Waals surface area (Å²) in [5.41, 5.74) is 0. The number of carbonyl (C=O) groups excluding carboxylic acids is 1. The van der Waals surface area contributed by atoms with E-state index in [1.54, 1.807) is 6.92 Å². The van der Waals surface area contributed by atoms with Crippen LogP contribution in [0.25, 0.3) is 0 Å². The molecule has 0 radical (unpaired) electrons. The summed E-state index contributed by atoms with van der Waals surface area (Å²) in [5.74, 6) is -0.504. The summed E-state index contributed by atoms with van der Waals surface area (Å²) in [6, 6.07) is -0.365. The Hall–Kier alpha value is -1.70. The first-order chi connectivity index (χ1) is 9.56. The first-order valence-corrected chi connectivity index (χ1v) is 7.41. The van der Waals surface area contributed by atoms with Crippen molar-refractivity contribution < 1.29 is 14.7 Å². The van der Waals surface area contributed by atoms with Gasteiger partial charge in [-0.25, -0.2) is 9.78 Å². The number of aryl methyl sites for hydroxylation is 1. The maximum Gasteiger partial charge on any atom is 0.321 e. The lowest BCUT2D eigenvalue weighted by molar-refractivity contribution is -0.144. The number of nitrogens with zero attached hydrogens (tertiary/aromatic N) is 2. The van der Waals surface area contributed by atoms with Crippen LogP contribution >= 0.6 is 11.5 Å². The highest BCUT2D eigenvalue weighted by Gasteiger charge is 2.30. The Morgan fingerprint density at radius 1 is 1.40 bits per heavy atom. The molecule has 8 heteroatoms. The number of carboxylic acids is 1. The number of aliphatic carboxylic acids is 1. The van der Waals surface area contributed by atoms with Crippen molar-refractivity contribution in [1.82, 2.24) is 14.7 Å². The molecule has 1 fully saturated rings. The van der Waals surface area contributed by atoms with E-state index >= 15 is 0 Å². The van der Waals surface area contributed by atoms with E-state index in [4.69, 9.17) is 5.11 Å². The van der Waals surface area contributed by atoms with Crippen LogP contribution in [0.5, 0.6) is 0 Å². The van der Waals surface area contributed by atoms with Crippen molar-refractivity contribution in [3.05, 3.63) is 5.82 Å². The van der Waals surface area contributed by atoms with Crippen LogP contribution in [0.15, 0.2) is 0 Å². The van der Waals surface area contributed by atoms with Gasteiger partial charge in [-0.1, -0.05) is 12.8 Å². The minimum atomic E-state index is -0.767. The Bertz CT molecular complexity index is 491. The number of amides is 2. The van der Waals surface area contributed by atoms with E-state index in [0.717, 1.165) is 30.8 Å². The zero-order valence-electron chi connectivity index (χ0n) is 11.3. The van der Waals surface area contributed by atoms with Crippen LogP contribution in [0, 0.1) is 18.8 Å². The summed E-state index contributed by atoms with van der Waals surface area (Å²) in [7, 11) is 0. The summed E-state index contributed by atoms with van der Waals surface area (Å²) in [4.78, 5) is 26.9. The molecule has 1 aliphatic rings. The topological polar surface area (TPSA) is 104 Å².